The van der Waals surface area contributed by atoms with Crippen LogP contribution >= 0.6 is 15.9 Å². The number of likely N-dealkylation sites (N-methyl/N-ethyl adjacent to an activating group) is 1. The molecule has 0 bridgehead atoms. The van der Waals surface area contributed by atoms with Gasteiger partial charge in [0.1, 0.15) is 23.0 Å². The highest BCUT2D eigenvalue weighted by Crippen LogP contribution is 2.39. The highest BCUT2D eigenvalue weighted by Gasteiger charge is 2.28. The second-order valence-corrected chi connectivity index (χ2v) is 13.0. The van der Waals surface area contributed by atoms with Crippen LogP contribution < -0.4 is 29.3 Å². The highest BCUT2D eigenvalue weighted by molar-refractivity contribution is 9.10. The van der Waals surface area contributed by atoms with E-state index in [1.54, 1.807) is 31.5 Å². The Morgan fingerprint density at radius 3 is 2.39 bits per heavy atom. The van der Waals surface area contributed by atoms with Gasteiger partial charge < -0.3 is 29.9 Å². The number of methoxy groups -OCH3 is 2. The van der Waals surface area contributed by atoms with Crippen LogP contribution in [0.4, 0.5) is 34.5 Å². The molecule has 0 spiro atoms. The number of nitrogens with one attached hydrogen (secondary N) is 2. The maximum atomic E-state index is 11.9. The van der Waals surface area contributed by atoms with Crippen molar-refractivity contribution < 1.29 is 18.2 Å². The van der Waals surface area contributed by atoms with Crippen LogP contribution in [0.2, 0.25) is 0 Å². The van der Waals surface area contributed by atoms with Crippen molar-refractivity contribution in [3.63, 3.8) is 0 Å². The number of nitrogens with zero attached hydrogens (tertiary/aromatic N) is 6. The third kappa shape index (κ3) is 7.20. The second kappa shape index (κ2) is 14.3. The Labute approximate surface area is 270 Å². The van der Waals surface area contributed by atoms with Crippen LogP contribution in [0.25, 0.3) is 0 Å². The minimum absolute atomic E-state index is 0.359. The van der Waals surface area contributed by atoms with Gasteiger partial charge in [-0.3, -0.25) is 13.8 Å². The summed E-state index contributed by atoms with van der Waals surface area (Å²) in [6, 6.07) is 10.1. The summed E-state index contributed by atoms with van der Waals surface area (Å²) in [6.45, 7) is 8.77. The third-order valence-electron chi connectivity index (χ3n) is 8.39. The van der Waals surface area contributed by atoms with E-state index in [2.05, 4.69) is 77.3 Å². The van der Waals surface area contributed by atoms with Gasteiger partial charge in [0, 0.05) is 70.3 Å². The van der Waals surface area contributed by atoms with E-state index in [-0.39, 0.29) is 0 Å². The van der Waals surface area contributed by atoms with Crippen LogP contribution in [0.3, 0.4) is 0 Å². The van der Waals surface area contributed by atoms with Crippen LogP contribution in [0.15, 0.2) is 41.0 Å². The van der Waals surface area contributed by atoms with E-state index in [0.29, 0.717) is 45.2 Å². The van der Waals surface area contributed by atoms with E-state index in [1.807, 2.05) is 0 Å². The maximum Gasteiger partial charge on any atom is 0.261 e. The van der Waals surface area contributed by atoms with E-state index in [0.717, 1.165) is 63.4 Å². The second-order valence-electron chi connectivity index (χ2n) is 11.1. The van der Waals surface area contributed by atoms with Gasteiger partial charge in [0.2, 0.25) is 5.95 Å². The van der Waals surface area contributed by atoms with E-state index in [1.165, 1.54) is 24.2 Å². The van der Waals surface area contributed by atoms with Crippen molar-refractivity contribution in [1.29, 1.82) is 0 Å². The zero-order valence-electron chi connectivity index (χ0n) is 25.8. The molecule has 3 aromatic rings. The molecule has 3 heterocycles. The molecule has 238 valence electrons. The van der Waals surface area contributed by atoms with E-state index in [4.69, 9.17) is 9.47 Å². The van der Waals surface area contributed by atoms with E-state index >= 15 is 0 Å². The van der Waals surface area contributed by atoms with Crippen LogP contribution in [0.5, 0.6) is 11.5 Å². The van der Waals surface area contributed by atoms with Gasteiger partial charge in [-0.05, 0) is 66.5 Å². The smallest absolute Gasteiger partial charge is 0.261 e. The van der Waals surface area contributed by atoms with E-state index in [9.17, 15) is 8.76 Å². The fraction of sp³-hybridized carbons (Fsp3) is 0.467. The summed E-state index contributed by atoms with van der Waals surface area (Å²) in [6.07, 6.45) is 3.96. The van der Waals surface area contributed by atoms with Crippen molar-refractivity contribution in [2.24, 2.45) is 0 Å². The largest absolute Gasteiger partial charge is 0.494 e. The summed E-state index contributed by atoms with van der Waals surface area (Å²) < 4.78 is 34.7. The number of ether oxygens (including phenoxy) is 2. The number of hydrogen-bond acceptors (Lipinski definition) is 10. The average molecular weight is 690 g/mol. The summed E-state index contributed by atoms with van der Waals surface area (Å²) in [5.74, 6) is 1.96. The first-order valence-electron chi connectivity index (χ1n) is 14.6. The molecule has 1 atom stereocenters. The fourth-order valence-corrected chi connectivity index (χ4v) is 6.53. The van der Waals surface area contributed by atoms with Crippen LogP contribution in [-0.4, -0.2) is 102 Å². The summed E-state index contributed by atoms with van der Waals surface area (Å²) in [7, 11) is 6.89. The number of anilines is 6. The molecule has 14 heteroatoms. The number of halogens is 1. The molecule has 5 rings (SSSR count). The topological polar surface area (TPSA) is 119 Å². The zero-order valence-corrected chi connectivity index (χ0v) is 28.2. The van der Waals surface area contributed by atoms with Crippen molar-refractivity contribution in [2.75, 3.05) is 87.4 Å². The molecule has 0 amide bonds. The van der Waals surface area contributed by atoms with Gasteiger partial charge in [-0.2, -0.15) is 4.98 Å². The normalized spacial score (nSPS) is 17.3. The molecular weight excluding hydrogens is 648 g/mol. The molecule has 1 unspecified atom stereocenters. The number of benzene rings is 2. The number of hydrogen-bond donors (Lipinski definition) is 3. The van der Waals surface area contributed by atoms with Gasteiger partial charge in [0.25, 0.3) is 11.3 Å². The van der Waals surface area contributed by atoms with Crippen LogP contribution in [-0.2, 0) is 11.3 Å². The van der Waals surface area contributed by atoms with Crippen molar-refractivity contribution >= 4 is 61.7 Å². The molecule has 0 radical (unpaired) electrons. The standard InChI is InChI=1S/C30H41BrN8O4S/c1-20-17-24(27(43-5)18-25(20)39-11-9-21(10-12-39)38-15-13-36(2)14-16-38)34-30-32-19-22(31)29(35-30)33-23-7-6-8-26(42-4)28(23)37(3)44(40)41/h6-8,17-19,21H,9-16H2,1-5H3,(H,40,41)(H2,32,33,34,35). The Balaban J connectivity index is 1.32. The minimum Gasteiger partial charge on any atom is -0.494 e. The maximum absolute atomic E-state index is 11.9. The molecular formula is C30H41BrN8O4S. The van der Waals surface area contributed by atoms with Crippen molar-refractivity contribution in [3.05, 3.63) is 46.6 Å². The van der Waals surface area contributed by atoms with Crippen molar-refractivity contribution in [3.8, 4) is 11.5 Å². The number of rotatable bonds is 10. The predicted octanol–water partition coefficient (Wildman–Crippen LogP) is 4.84. The number of piperidine rings is 1. The molecule has 1 aromatic heterocycles. The number of para-hydroxylation sites is 1. The van der Waals surface area contributed by atoms with Gasteiger partial charge in [0.05, 0.1) is 30.1 Å². The molecule has 12 nitrogen and oxygen atoms in total. The lowest BCUT2D eigenvalue weighted by Crippen LogP contribution is -2.52. The molecule has 2 aliphatic heterocycles. The van der Waals surface area contributed by atoms with Crippen molar-refractivity contribution in [2.45, 2.75) is 25.8 Å². The molecule has 44 heavy (non-hydrogen) atoms. The first-order chi connectivity index (χ1) is 21.2. The van der Waals surface area contributed by atoms with Crippen LogP contribution in [0, 0.1) is 6.92 Å². The Hall–Kier alpha value is -3.17. The van der Waals surface area contributed by atoms with Crippen LogP contribution in [0.1, 0.15) is 18.4 Å². The van der Waals surface area contributed by atoms with Gasteiger partial charge in [-0.25, -0.2) is 9.19 Å². The predicted molar refractivity (Wildman–Crippen MR) is 181 cm³/mol. The Bertz CT molecular complexity index is 1480. The number of aromatic nitrogens is 2. The summed E-state index contributed by atoms with van der Waals surface area (Å²) in [5, 5.41) is 6.57. The first-order valence-corrected chi connectivity index (χ1v) is 16.5. The molecule has 2 aromatic carbocycles. The molecule has 0 aliphatic carbocycles. The fourth-order valence-electron chi connectivity index (χ4n) is 5.90. The number of piperazine rings is 1. The highest BCUT2D eigenvalue weighted by atomic mass is 79.9. The Morgan fingerprint density at radius 1 is 1.02 bits per heavy atom. The van der Waals surface area contributed by atoms with Gasteiger partial charge in [-0.15, -0.1) is 0 Å². The molecule has 2 fully saturated rings. The molecule has 2 saturated heterocycles. The molecule has 2 aliphatic rings. The molecule has 3 N–H and O–H groups in total. The monoisotopic (exact) mass is 688 g/mol. The lowest BCUT2D eigenvalue weighted by Gasteiger charge is -2.43. The molecule has 0 saturated carbocycles. The Kier molecular flexibility index (Phi) is 10.5. The number of aryl methyl sites for hydroxylation is 1. The average Bonchev–Trinajstić information content (AvgIpc) is 3.03. The van der Waals surface area contributed by atoms with E-state index < -0.39 is 11.3 Å². The van der Waals surface area contributed by atoms with Gasteiger partial charge in [0.15, 0.2) is 0 Å². The first kappa shape index (κ1) is 32.2. The summed E-state index contributed by atoms with van der Waals surface area (Å²) in [5.41, 5.74) is 4.03. The quantitative estimate of drug-likeness (QED) is 0.254. The summed E-state index contributed by atoms with van der Waals surface area (Å²) >= 11 is 1.26. The zero-order chi connectivity index (χ0) is 31.4. The SMILES string of the molecule is COc1cc(N2CCC(N3CCN(C)CC3)CC2)c(C)cc1Nc1ncc(Br)c(Nc2cccc(OC)c2N(C)S(=O)O)n1. The van der Waals surface area contributed by atoms with Crippen molar-refractivity contribution in [1.82, 2.24) is 19.8 Å². The Morgan fingerprint density at radius 2 is 1.73 bits per heavy atom. The lowest BCUT2D eigenvalue weighted by atomic mass is 10.0. The van der Waals surface area contributed by atoms with Gasteiger partial charge in [-0.1, -0.05) is 6.07 Å². The third-order valence-corrected chi connectivity index (χ3v) is 9.62. The minimum atomic E-state index is -2.26. The lowest BCUT2D eigenvalue weighted by molar-refractivity contribution is 0.0982. The summed E-state index contributed by atoms with van der Waals surface area (Å²) in [4.78, 5) is 16.7. The van der Waals surface area contributed by atoms with Gasteiger partial charge >= 0.3 is 0 Å².